The summed E-state index contributed by atoms with van der Waals surface area (Å²) in [4.78, 5) is 0. The molecule has 0 spiro atoms. The molecule has 0 amide bonds. The van der Waals surface area contributed by atoms with Crippen molar-refractivity contribution in [2.24, 2.45) is 0 Å². The summed E-state index contributed by atoms with van der Waals surface area (Å²) >= 11 is 3.55. The summed E-state index contributed by atoms with van der Waals surface area (Å²) in [5.41, 5.74) is 5.71. The predicted molar refractivity (Wildman–Crippen MR) is 86.4 cm³/mol. The first-order chi connectivity index (χ1) is 9.78. The third-order valence-corrected chi connectivity index (χ3v) is 3.88. The highest BCUT2D eigenvalue weighted by molar-refractivity contribution is 9.08. The van der Waals surface area contributed by atoms with Gasteiger partial charge >= 0.3 is 0 Å². The van der Waals surface area contributed by atoms with Crippen LogP contribution in [0.5, 0.6) is 0 Å². The number of hydrogen-bond donors (Lipinski definition) is 0. The molecule has 2 aromatic carbocycles. The highest BCUT2D eigenvalue weighted by atomic mass is 79.9. The molecular weight excluding hydrogens is 312 g/mol. The number of aromatic nitrogens is 2. The lowest BCUT2D eigenvalue weighted by Crippen LogP contribution is -1.94. The number of alkyl halides is 1. The Morgan fingerprint density at radius 3 is 2.35 bits per heavy atom. The minimum Gasteiger partial charge on any atom is -0.240 e. The summed E-state index contributed by atoms with van der Waals surface area (Å²) in [6.07, 6.45) is 2.09. The van der Waals surface area contributed by atoms with Gasteiger partial charge in [-0.2, -0.15) is 5.10 Å². The number of nitrogens with zero attached hydrogens (tertiary/aromatic N) is 2. The third kappa shape index (κ3) is 2.54. The lowest BCUT2D eigenvalue weighted by atomic mass is 10.1. The summed E-state index contributed by atoms with van der Waals surface area (Å²) in [7, 11) is 0. The maximum Gasteiger partial charge on any atom is 0.0968 e. The van der Waals surface area contributed by atoms with Gasteiger partial charge in [-0.05, 0) is 19.1 Å². The first-order valence-electron chi connectivity index (χ1n) is 6.55. The third-order valence-electron chi connectivity index (χ3n) is 3.28. The van der Waals surface area contributed by atoms with Crippen LogP contribution in [0, 0.1) is 6.92 Å². The van der Waals surface area contributed by atoms with Crippen LogP contribution in [0.25, 0.3) is 16.9 Å². The zero-order valence-corrected chi connectivity index (χ0v) is 12.8. The fourth-order valence-electron chi connectivity index (χ4n) is 2.18. The van der Waals surface area contributed by atoms with Gasteiger partial charge in [0.25, 0.3) is 0 Å². The first-order valence-corrected chi connectivity index (χ1v) is 7.67. The van der Waals surface area contributed by atoms with E-state index in [0.29, 0.717) is 0 Å². The SMILES string of the molecule is Cc1ccc(-n2cc(CBr)c(-c3ccccc3)n2)cc1. The van der Waals surface area contributed by atoms with E-state index in [2.05, 4.69) is 65.4 Å². The van der Waals surface area contributed by atoms with E-state index in [4.69, 9.17) is 5.10 Å². The standard InChI is InChI=1S/C17H15BrN2/c1-13-7-9-16(10-8-13)20-12-15(11-18)17(19-20)14-5-3-2-4-6-14/h2-10,12H,11H2,1H3. The van der Waals surface area contributed by atoms with E-state index in [1.807, 2.05) is 22.9 Å². The van der Waals surface area contributed by atoms with Gasteiger partial charge in [0.05, 0.1) is 11.4 Å². The molecule has 20 heavy (non-hydrogen) atoms. The number of aryl methyl sites for hydroxylation is 1. The molecule has 3 heteroatoms. The van der Waals surface area contributed by atoms with Crippen LogP contribution in [0.3, 0.4) is 0 Å². The van der Waals surface area contributed by atoms with Gasteiger partial charge in [0.15, 0.2) is 0 Å². The van der Waals surface area contributed by atoms with Crippen LogP contribution in [0.1, 0.15) is 11.1 Å². The Morgan fingerprint density at radius 2 is 1.70 bits per heavy atom. The second kappa shape index (κ2) is 5.63. The lowest BCUT2D eigenvalue weighted by Gasteiger charge is -2.01. The number of hydrogen-bond acceptors (Lipinski definition) is 1. The van der Waals surface area contributed by atoms with Gasteiger partial charge in [-0.15, -0.1) is 0 Å². The fraction of sp³-hybridized carbons (Fsp3) is 0.118. The zero-order valence-electron chi connectivity index (χ0n) is 11.3. The van der Waals surface area contributed by atoms with Crippen LogP contribution in [-0.4, -0.2) is 9.78 Å². The molecule has 0 aliphatic carbocycles. The highest BCUT2D eigenvalue weighted by Crippen LogP contribution is 2.25. The molecular formula is C17H15BrN2. The van der Waals surface area contributed by atoms with E-state index >= 15 is 0 Å². The molecule has 0 bridgehead atoms. The lowest BCUT2D eigenvalue weighted by molar-refractivity contribution is 0.883. The van der Waals surface area contributed by atoms with E-state index in [1.165, 1.54) is 11.1 Å². The van der Waals surface area contributed by atoms with Crippen molar-refractivity contribution in [3.63, 3.8) is 0 Å². The number of rotatable bonds is 3. The first kappa shape index (κ1) is 13.1. The molecule has 0 unspecified atom stereocenters. The summed E-state index contributed by atoms with van der Waals surface area (Å²) in [5.74, 6) is 0. The van der Waals surface area contributed by atoms with Crippen LogP contribution in [-0.2, 0) is 5.33 Å². The summed E-state index contributed by atoms with van der Waals surface area (Å²) in [5, 5.41) is 5.53. The van der Waals surface area contributed by atoms with E-state index in [-0.39, 0.29) is 0 Å². The summed E-state index contributed by atoms with van der Waals surface area (Å²) < 4.78 is 1.94. The second-order valence-corrected chi connectivity index (χ2v) is 5.34. The normalized spacial score (nSPS) is 10.7. The Morgan fingerprint density at radius 1 is 1.00 bits per heavy atom. The van der Waals surface area contributed by atoms with Gasteiger partial charge in [0.2, 0.25) is 0 Å². The molecule has 2 nitrogen and oxygen atoms in total. The van der Waals surface area contributed by atoms with Crippen LogP contribution in [0.15, 0.2) is 60.8 Å². The largest absolute Gasteiger partial charge is 0.240 e. The van der Waals surface area contributed by atoms with Crippen molar-refractivity contribution in [1.29, 1.82) is 0 Å². The van der Waals surface area contributed by atoms with Gasteiger partial charge < -0.3 is 0 Å². The van der Waals surface area contributed by atoms with E-state index in [9.17, 15) is 0 Å². The van der Waals surface area contributed by atoms with E-state index in [0.717, 1.165) is 22.3 Å². The van der Waals surface area contributed by atoms with Crippen molar-refractivity contribution in [2.75, 3.05) is 0 Å². The average Bonchev–Trinajstić information content (AvgIpc) is 2.93. The molecule has 1 aromatic heterocycles. The zero-order chi connectivity index (χ0) is 13.9. The Labute approximate surface area is 127 Å². The van der Waals surface area contributed by atoms with Gasteiger partial charge in [-0.1, -0.05) is 64.0 Å². The van der Waals surface area contributed by atoms with E-state index < -0.39 is 0 Å². The molecule has 100 valence electrons. The van der Waals surface area contributed by atoms with Crippen LogP contribution in [0.2, 0.25) is 0 Å². The summed E-state index contributed by atoms with van der Waals surface area (Å²) in [6.45, 7) is 2.09. The monoisotopic (exact) mass is 326 g/mol. The molecule has 0 aliphatic heterocycles. The molecule has 3 rings (SSSR count). The molecule has 0 radical (unpaired) electrons. The Hall–Kier alpha value is -1.87. The van der Waals surface area contributed by atoms with Crippen molar-refractivity contribution in [3.05, 3.63) is 71.9 Å². The van der Waals surface area contributed by atoms with Crippen molar-refractivity contribution >= 4 is 15.9 Å². The molecule has 1 heterocycles. The Bertz CT molecular complexity index is 700. The quantitative estimate of drug-likeness (QED) is 0.635. The van der Waals surface area contributed by atoms with Crippen molar-refractivity contribution < 1.29 is 0 Å². The molecule has 3 aromatic rings. The van der Waals surface area contributed by atoms with Crippen molar-refractivity contribution in [3.8, 4) is 16.9 Å². The summed E-state index contributed by atoms with van der Waals surface area (Å²) in [6, 6.07) is 18.7. The second-order valence-electron chi connectivity index (χ2n) is 4.78. The predicted octanol–water partition coefficient (Wildman–Crippen LogP) is 4.74. The van der Waals surface area contributed by atoms with Gasteiger partial charge in [0.1, 0.15) is 0 Å². The molecule has 0 atom stereocenters. The maximum atomic E-state index is 4.74. The van der Waals surface area contributed by atoms with Gasteiger partial charge in [-0.25, -0.2) is 4.68 Å². The van der Waals surface area contributed by atoms with Crippen LogP contribution >= 0.6 is 15.9 Å². The smallest absolute Gasteiger partial charge is 0.0968 e. The number of halogens is 1. The van der Waals surface area contributed by atoms with Crippen molar-refractivity contribution in [2.45, 2.75) is 12.3 Å². The molecule has 0 aliphatic rings. The van der Waals surface area contributed by atoms with Crippen LogP contribution < -0.4 is 0 Å². The Kier molecular flexibility index (Phi) is 3.70. The Balaban J connectivity index is 2.07. The molecule has 0 saturated heterocycles. The minimum absolute atomic E-state index is 0.795. The van der Waals surface area contributed by atoms with E-state index in [1.54, 1.807) is 0 Å². The molecule has 0 N–H and O–H groups in total. The average molecular weight is 327 g/mol. The van der Waals surface area contributed by atoms with Gasteiger partial charge in [0, 0.05) is 22.7 Å². The fourth-order valence-corrected chi connectivity index (χ4v) is 2.59. The minimum atomic E-state index is 0.795. The highest BCUT2D eigenvalue weighted by Gasteiger charge is 2.10. The van der Waals surface area contributed by atoms with Crippen molar-refractivity contribution in [1.82, 2.24) is 9.78 Å². The van der Waals surface area contributed by atoms with Gasteiger partial charge in [-0.3, -0.25) is 0 Å². The molecule has 0 fully saturated rings. The molecule has 0 saturated carbocycles. The maximum absolute atomic E-state index is 4.74. The topological polar surface area (TPSA) is 17.8 Å². The number of benzene rings is 2. The van der Waals surface area contributed by atoms with Crippen LogP contribution in [0.4, 0.5) is 0 Å².